The number of aromatic nitrogens is 2. The summed E-state index contributed by atoms with van der Waals surface area (Å²) in [5, 5.41) is 14.9. The van der Waals surface area contributed by atoms with Gasteiger partial charge in [0.05, 0.1) is 11.4 Å². The molecule has 0 unspecified atom stereocenters. The lowest BCUT2D eigenvalue weighted by Gasteiger charge is -2.26. The van der Waals surface area contributed by atoms with Crippen LogP contribution in [0.1, 0.15) is 12.5 Å². The van der Waals surface area contributed by atoms with Gasteiger partial charge >= 0.3 is 0 Å². The minimum atomic E-state index is -0.616. The number of benzene rings is 2. The highest BCUT2D eigenvalue weighted by Gasteiger charge is 2.35. The molecule has 7 heteroatoms. The Morgan fingerprint density at radius 1 is 1.09 bits per heavy atom. The molecule has 33 heavy (non-hydrogen) atoms. The molecule has 0 N–H and O–H groups in total. The van der Waals surface area contributed by atoms with Crippen LogP contribution in [0.4, 0.5) is 0 Å². The molecule has 0 atom stereocenters. The van der Waals surface area contributed by atoms with Crippen LogP contribution in [-0.4, -0.2) is 33.0 Å². The van der Waals surface area contributed by atoms with Crippen molar-refractivity contribution in [2.75, 3.05) is 6.54 Å². The smallest absolute Gasteiger partial charge is 0.270 e. The van der Waals surface area contributed by atoms with Crippen LogP contribution in [-0.2, 0) is 9.59 Å². The number of nitrogens with zero attached hydrogens (tertiary/aromatic N) is 4. The van der Waals surface area contributed by atoms with Crippen molar-refractivity contribution in [2.24, 2.45) is 0 Å². The van der Waals surface area contributed by atoms with E-state index in [9.17, 15) is 14.9 Å². The fourth-order valence-electron chi connectivity index (χ4n) is 3.62. The summed E-state index contributed by atoms with van der Waals surface area (Å²) < 4.78 is 1.72. The second-order valence-corrected chi connectivity index (χ2v) is 7.84. The van der Waals surface area contributed by atoms with Gasteiger partial charge in [0.1, 0.15) is 11.6 Å². The van der Waals surface area contributed by atoms with Crippen molar-refractivity contribution in [3.05, 3.63) is 101 Å². The number of hydrogen-bond acceptors (Lipinski definition) is 4. The zero-order valence-corrected chi connectivity index (χ0v) is 18.6. The molecule has 0 aliphatic carbocycles. The standard InChI is InChI=1S/C26H19ClN4O2/c1-3-13-30-25(32)22(17(2)23(15-28)26(30)33)14-19-16-31(21-7-5-4-6-8-21)29-24(19)18-9-11-20(27)12-10-18/h3-12,14,16H,1,13H2,2H3/b22-14+. The lowest BCUT2D eigenvalue weighted by molar-refractivity contribution is -0.139. The highest BCUT2D eigenvalue weighted by Crippen LogP contribution is 2.31. The van der Waals surface area contributed by atoms with Crippen molar-refractivity contribution >= 4 is 29.5 Å². The Kier molecular flexibility index (Phi) is 6.07. The molecule has 0 fully saturated rings. The normalized spacial score (nSPS) is 15.2. The molecule has 1 aliphatic heterocycles. The number of nitriles is 1. The largest absolute Gasteiger partial charge is 0.271 e. The Hall–Kier alpha value is -4.21. The van der Waals surface area contributed by atoms with Crippen LogP contribution in [0.15, 0.2) is 90.2 Å². The summed E-state index contributed by atoms with van der Waals surface area (Å²) in [7, 11) is 0. The van der Waals surface area contributed by atoms with Crippen molar-refractivity contribution < 1.29 is 9.59 Å². The molecular weight excluding hydrogens is 436 g/mol. The Morgan fingerprint density at radius 2 is 1.79 bits per heavy atom. The maximum absolute atomic E-state index is 13.2. The fraction of sp³-hybridized carbons (Fsp3) is 0.0769. The molecule has 2 aromatic carbocycles. The predicted molar refractivity (Wildman–Crippen MR) is 127 cm³/mol. The van der Waals surface area contributed by atoms with Gasteiger partial charge in [0.2, 0.25) is 0 Å². The fourth-order valence-corrected chi connectivity index (χ4v) is 3.74. The molecule has 2 amide bonds. The molecule has 1 aliphatic rings. The molecular formula is C26H19ClN4O2. The summed E-state index contributed by atoms with van der Waals surface area (Å²) in [5.74, 6) is -1.10. The summed E-state index contributed by atoms with van der Waals surface area (Å²) in [6.07, 6.45) is 4.94. The van der Waals surface area contributed by atoms with E-state index in [0.717, 1.165) is 16.2 Å². The summed E-state index contributed by atoms with van der Waals surface area (Å²) in [4.78, 5) is 26.8. The lowest BCUT2D eigenvalue weighted by Crippen LogP contribution is -2.42. The van der Waals surface area contributed by atoms with Gasteiger partial charge in [0.15, 0.2) is 0 Å². The molecule has 6 nitrogen and oxygen atoms in total. The van der Waals surface area contributed by atoms with E-state index >= 15 is 0 Å². The number of hydrogen-bond donors (Lipinski definition) is 0. The monoisotopic (exact) mass is 454 g/mol. The average molecular weight is 455 g/mol. The van der Waals surface area contributed by atoms with Crippen LogP contribution >= 0.6 is 11.6 Å². The van der Waals surface area contributed by atoms with E-state index in [1.54, 1.807) is 29.8 Å². The van der Waals surface area contributed by atoms with E-state index in [4.69, 9.17) is 16.7 Å². The first-order valence-corrected chi connectivity index (χ1v) is 10.5. The van der Waals surface area contributed by atoms with Gasteiger partial charge in [-0.15, -0.1) is 6.58 Å². The second kappa shape index (κ2) is 9.11. The quantitative estimate of drug-likeness (QED) is 0.309. The molecule has 3 aromatic rings. The molecule has 0 saturated heterocycles. The van der Waals surface area contributed by atoms with E-state index in [1.165, 1.54) is 6.08 Å². The molecule has 2 heterocycles. The van der Waals surface area contributed by atoms with Crippen molar-refractivity contribution in [1.82, 2.24) is 14.7 Å². The summed E-state index contributed by atoms with van der Waals surface area (Å²) in [6, 6.07) is 18.7. The third-order valence-electron chi connectivity index (χ3n) is 5.32. The van der Waals surface area contributed by atoms with E-state index in [2.05, 4.69) is 6.58 Å². The van der Waals surface area contributed by atoms with Crippen LogP contribution in [0, 0.1) is 11.3 Å². The highest BCUT2D eigenvalue weighted by atomic mass is 35.5. The molecule has 162 valence electrons. The molecule has 4 rings (SSSR count). The highest BCUT2D eigenvalue weighted by molar-refractivity contribution is 6.30. The van der Waals surface area contributed by atoms with E-state index in [0.29, 0.717) is 21.9 Å². The molecule has 0 saturated carbocycles. The predicted octanol–water partition coefficient (Wildman–Crippen LogP) is 4.97. The molecule has 0 radical (unpaired) electrons. The third kappa shape index (κ3) is 4.14. The number of rotatable bonds is 5. The third-order valence-corrected chi connectivity index (χ3v) is 5.57. The zero-order valence-electron chi connectivity index (χ0n) is 17.8. The van der Waals surface area contributed by atoms with E-state index < -0.39 is 11.8 Å². The number of amides is 2. The van der Waals surface area contributed by atoms with Gasteiger partial charge in [-0.3, -0.25) is 14.5 Å². The van der Waals surface area contributed by atoms with Crippen LogP contribution in [0.25, 0.3) is 23.0 Å². The Bertz CT molecular complexity index is 1360. The first-order chi connectivity index (χ1) is 15.9. The zero-order chi connectivity index (χ0) is 23.5. The number of halogens is 1. The van der Waals surface area contributed by atoms with Crippen molar-refractivity contribution in [1.29, 1.82) is 5.26 Å². The van der Waals surface area contributed by atoms with Gasteiger partial charge in [-0.25, -0.2) is 4.68 Å². The van der Waals surface area contributed by atoms with E-state index in [1.807, 2.05) is 54.7 Å². The number of para-hydroxylation sites is 1. The van der Waals surface area contributed by atoms with Crippen LogP contribution in [0.5, 0.6) is 0 Å². The van der Waals surface area contributed by atoms with Gasteiger partial charge < -0.3 is 0 Å². The Labute approximate surface area is 196 Å². The van der Waals surface area contributed by atoms with Gasteiger partial charge in [0.25, 0.3) is 11.8 Å². The van der Waals surface area contributed by atoms with E-state index in [-0.39, 0.29) is 17.7 Å². The van der Waals surface area contributed by atoms with Crippen LogP contribution < -0.4 is 0 Å². The van der Waals surface area contributed by atoms with Crippen molar-refractivity contribution in [3.8, 4) is 23.0 Å². The van der Waals surface area contributed by atoms with Crippen molar-refractivity contribution in [2.45, 2.75) is 6.92 Å². The minimum Gasteiger partial charge on any atom is -0.270 e. The summed E-state index contributed by atoms with van der Waals surface area (Å²) in [5.41, 5.74) is 3.49. The molecule has 0 spiro atoms. The van der Waals surface area contributed by atoms with Gasteiger partial charge in [0, 0.05) is 34.5 Å². The van der Waals surface area contributed by atoms with Gasteiger partial charge in [-0.2, -0.15) is 10.4 Å². The van der Waals surface area contributed by atoms with Crippen molar-refractivity contribution in [3.63, 3.8) is 0 Å². The minimum absolute atomic E-state index is 0.0147. The second-order valence-electron chi connectivity index (χ2n) is 7.40. The SMILES string of the molecule is C=CCN1C(=O)C(C#N)=C(C)/C(=C\c2cn(-c3ccccc3)nc2-c2ccc(Cl)cc2)C1=O. The summed E-state index contributed by atoms with van der Waals surface area (Å²) >= 11 is 6.06. The summed E-state index contributed by atoms with van der Waals surface area (Å²) in [6.45, 7) is 5.23. The Balaban J connectivity index is 1.92. The lowest BCUT2D eigenvalue weighted by atomic mass is 9.93. The van der Waals surface area contributed by atoms with Gasteiger partial charge in [-0.1, -0.05) is 48.0 Å². The molecule has 1 aromatic heterocycles. The number of carbonyl (C=O) groups excluding carboxylic acids is 2. The van der Waals surface area contributed by atoms with Crippen LogP contribution in [0.2, 0.25) is 5.02 Å². The first kappa shape index (κ1) is 22.0. The molecule has 0 bridgehead atoms. The maximum Gasteiger partial charge on any atom is 0.271 e. The first-order valence-electron chi connectivity index (χ1n) is 10.2. The maximum atomic E-state index is 13.2. The Morgan fingerprint density at radius 3 is 2.42 bits per heavy atom. The average Bonchev–Trinajstić information content (AvgIpc) is 3.25. The van der Waals surface area contributed by atoms with Gasteiger partial charge in [-0.05, 0) is 42.8 Å². The number of imide groups is 1. The van der Waals surface area contributed by atoms with Crippen LogP contribution in [0.3, 0.4) is 0 Å². The number of carbonyl (C=O) groups is 2. The topological polar surface area (TPSA) is 79.0 Å².